The molecule has 1 amide bonds. The predicted octanol–water partition coefficient (Wildman–Crippen LogP) is 5.26. The number of rotatable bonds is 11. The van der Waals surface area contributed by atoms with Crippen LogP contribution < -0.4 is 10.2 Å². The van der Waals surface area contributed by atoms with E-state index >= 15 is 0 Å². The van der Waals surface area contributed by atoms with Gasteiger partial charge in [0, 0.05) is 30.2 Å². The molecule has 0 saturated carbocycles. The third kappa shape index (κ3) is 10.3. The lowest BCUT2D eigenvalue weighted by atomic mass is 10.1. The number of carbonyl (C=O) groups is 3. The number of nitrogens with zero attached hydrogens (tertiary/aromatic N) is 1. The summed E-state index contributed by atoms with van der Waals surface area (Å²) in [7, 11) is 0. The van der Waals surface area contributed by atoms with Gasteiger partial charge < -0.3 is 19.7 Å². The molecule has 0 unspecified atom stereocenters. The van der Waals surface area contributed by atoms with E-state index in [0.29, 0.717) is 16.7 Å². The van der Waals surface area contributed by atoms with E-state index in [1.54, 1.807) is 41.5 Å². The summed E-state index contributed by atoms with van der Waals surface area (Å²) in [5, 5.41) is 2.99. The molecule has 1 aromatic rings. The van der Waals surface area contributed by atoms with E-state index in [1.165, 1.54) is 4.90 Å². The Bertz CT molecular complexity index is 943. The lowest BCUT2D eigenvalue weighted by Crippen LogP contribution is -2.45. The van der Waals surface area contributed by atoms with Crippen molar-refractivity contribution in [3.63, 3.8) is 0 Å². The van der Waals surface area contributed by atoms with Crippen LogP contribution in [0.25, 0.3) is 0 Å². The molecule has 1 rings (SSSR count). The molecule has 0 heterocycles. The van der Waals surface area contributed by atoms with E-state index < -0.39 is 63.8 Å². The zero-order chi connectivity index (χ0) is 27.8. The maximum atomic E-state index is 14.9. The minimum Gasteiger partial charge on any atom is -0.460 e. The highest BCUT2D eigenvalue weighted by Gasteiger charge is 2.31. The highest BCUT2D eigenvalue weighted by atomic mass is 79.9. The van der Waals surface area contributed by atoms with Crippen LogP contribution in [0.1, 0.15) is 64.7 Å². The Labute approximate surface area is 226 Å². The van der Waals surface area contributed by atoms with Crippen LogP contribution in [0.2, 0.25) is 0 Å². The fraction of sp³-hybridized carbons (Fsp3) is 0.625. The van der Waals surface area contributed by atoms with E-state index in [1.807, 2.05) is 0 Å². The normalized spacial score (nSPS) is 12.6. The summed E-state index contributed by atoms with van der Waals surface area (Å²) in [5.41, 5.74) is -3.21. The summed E-state index contributed by atoms with van der Waals surface area (Å²) in [6.07, 6.45) is -0.496. The van der Waals surface area contributed by atoms with Crippen molar-refractivity contribution in [1.82, 2.24) is 5.32 Å². The van der Waals surface area contributed by atoms with Crippen molar-refractivity contribution in [2.24, 2.45) is 0 Å². The monoisotopic (exact) mass is 644 g/mol. The van der Waals surface area contributed by atoms with Crippen molar-refractivity contribution >= 4 is 55.4 Å². The molecule has 0 spiro atoms. The Morgan fingerprint density at radius 1 is 0.944 bits per heavy atom. The Morgan fingerprint density at radius 2 is 1.47 bits per heavy atom. The van der Waals surface area contributed by atoms with Gasteiger partial charge in [0.2, 0.25) is 0 Å². The SMILES string of the molecule is CC(C)(C)OC(=O)CC[C@H](NC(=O)c1cc(F)c(N(CCBr)CCBr)c(F)c1F)C(=O)OC(C)(C)C. The Kier molecular flexibility index (Phi) is 12.2. The van der Waals surface area contributed by atoms with E-state index in [-0.39, 0.29) is 25.9 Å². The zero-order valence-electron chi connectivity index (χ0n) is 21.3. The number of hydrogen-bond acceptors (Lipinski definition) is 6. The molecule has 204 valence electrons. The van der Waals surface area contributed by atoms with Gasteiger partial charge in [0.15, 0.2) is 17.5 Å². The van der Waals surface area contributed by atoms with Gasteiger partial charge in [-0.2, -0.15) is 0 Å². The molecule has 0 aliphatic carbocycles. The molecule has 0 fully saturated rings. The van der Waals surface area contributed by atoms with E-state index in [0.717, 1.165) is 0 Å². The van der Waals surface area contributed by atoms with Crippen molar-refractivity contribution in [3.05, 3.63) is 29.1 Å². The van der Waals surface area contributed by atoms with Crippen LogP contribution in [0.15, 0.2) is 6.07 Å². The summed E-state index contributed by atoms with van der Waals surface area (Å²) in [5.74, 6) is -6.97. The minimum atomic E-state index is -1.56. The molecule has 36 heavy (non-hydrogen) atoms. The number of alkyl halides is 2. The second kappa shape index (κ2) is 13.6. The first-order valence-electron chi connectivity index (χ1n) is 11.3. The van der Waals surface area contributed by atoms with Crippen LogP contribution in [-0.2, 0) is 19.1 Å². The third-order valence-electron chi connectivity index (χ3n) is 4.46. The standard InChI is InChI=1S/C24H33Br2F3N2O5/c1-23(2,3)35-17(32)8-7-16(22(34)36-24(4,5)6)30-21(33)14-13-15(27)20(19(29)18(14)28)31(11-9-25)12-10-26/h13,16H,7-12H2,1-6H3,(H,30,33)/t16-/m0/s1. The van der Waals surface area contributed by atoms with Gasteiger partial charge in [0.25, 0.3) is 5.91 Å². The number of nitrogens with one attached hydrogen (secondary N) is 1. The van der Waals surface area contributed by atoms with Gasteiger partial charge in [-0.1, -0.05) is 31.9 Å². The Hall–Kier alpha value is -1.82. The number of carbonyl (C=O) groups excluding carboxylic acids is 3. The van der Waals surface area contributed by atoms with Gasteiger partial charge in [-0.25, -0.2) is 18.0 Å². The third-order valence-corrected chi connectivity index (χ3v) is 5.17. The van der Waals surface area contributed by atoms with Crippen LogP contribution in [-0.4, -0.2) is 58.8 Å². The molecule has 1 atom stereocenters. The number of halogens is 5. The van der Waals surface area contributed by atoms with Crippen molar-refractivity contribution in [1.29, 1.82) is 0 Å². The average molecular weight is 646 g/mol. The molecule has 0 saturated heterocycles. The Morgan fingerprint density at radius 3 is 1.94 bits per heavy atom. The van der Waals surface area contributed by atoms with Crippen LogP contribution in [0, 0.1) is 17.5 Å². The first kappa shape index (κ1) is 32.2. The van der Waals surface area contributed by atoms with Crippen molar-refractivity contribution < 1.29 is 37.0 Å². The largest absolute Gasteiger partial charge is 0.460 e. The van der Waals surface area contributed by atoms with Gasteiger partial charge in [0.1, 0.15) is 22.9 Å². The van der Waals surface area contributed by atoms with Gasteiger partial charge in [-0.3, -0.25) is 9.59 Å². The number of amides is 1. The van der Waals surface area contributed by atoms with Crippen LogP contribution in [0.3, 0.4) is 0 Å². The van der Waals surface area contributed by atoms with Crippen LogP contribution >= 0.6 is 31.9 Å². The summed E-state index contributed by atoms with van der Waals surface area (Å²) < 4.78 is 55.2. The summed E-state index contributed by atoms with van der Waals surface area (Å²) in [6, 6.07) is -0.814. The first-order valence-corrected chi connectivity index (χ1v) is 13.5. The lowest BCUT2D eigenvalue weighted by Gasteiger charge is -2.26. The highest BCUT2D eigenvalue weighted by Crippen LogP contribution is 2.29. The van der Waals surface area contributed by atoms with Gasteiger partial charge in [-0.15, -0.1) is 0 Å². The molecule has 0 aromatic heterocycles. The number of ether oxygens (including phenoxy) is 2. The number of benzene rings is 1. The molecule has 0 aliphatic heterocycles. The second-order valence-corrected chi connectivity index (χ2v) is 11.5. The number of anilines is 1. The lowest BCUT2D eigenvalue weighted by molar-refractivity contribution is -0.158. The summed E-state index contributed by atoms with van der Waals surface area (Å²) in [4.78, 5) is 38.9. The predicted molar refractivity (Wildman–Crippen MR) is 138 cm³/mol. The fourth-order valence-electron chi connectivity index (χ4n) is 3.09. The fourth-order valence-corrected chi connectivity index (χ4v) is 3.95. The molecule has 0 bridgehead atoms. The maximum absolute atomic E-state index is 14.9. The summed E-state index contributed by atoms with van der Waals surface area (Å²) >= 11 is 6.38. The average Bonchev–Trinajstić information content (AvgIpc) is 2.71. The van der Waals surface area contributed by atoms with Gasteiger partial charge >= 0.3 is 11.9 Å². The number of esters is 2. The van der Waals surface area contributed by atoms with E-state index in [4.69, 9.17) is 9.47 Å². The quantitative estimate of drug-likeness (QED) is 0.201. The smallest absolute Gasteiger partial charge is 0.329 e. The minimum absolute atomic E-state index is 0.190. The molecule has 7 nitrogen and oxygen atoms in total. The summed E-state index contributed by atoms with van der Waals surface area (Å²) in [6.45, 7) is 10.2. The van der Waals surface area contributed by atoms with Crippen molar-refractivity contribution in [3.8, 4) is 0 Å². The number of hydrogen-bond donors (Lipinski definition) is 1. The molecular formula is C24H33Br2F3N2O5. The maximum Gasteiger partial charge on any atom is 0.329 e. The van der Waals surface area contributed by atoms with Crippen LogP contribution in [0.5, 0.6) is 0 Å². The van der Waals surface area contributed by atoms with E-state index in [2.05, 4.69) is 37.2 Å². The highest BCUT2D eigenvalue weighted by molar-refractivity contribution is 9.09. The molecule has 1 N–H and O–H groups in total. The molecule has 0 aliphatic rings. The van der Waals surface area contributed by atoms with E-state index in [9.17, 15) is 27.6 Å². The Balaban J connectivity index is 3.24. The topological polar surface area (TPSA) is 84.9 Å². The molecule has 1 aromatic carbocycles. The van der Waals surface area contributed by atoms with Crippen molar-refractivity contribution in [2.75, 3.05) is 28.6 Å². The molecular weight excluding hydrogens is 613 g/mol. The molecule has 0 radical (unpaired) electrons. The van der Waals surface area contributed by atoms with Gasteiger partial charge in [0.05, 0.1) is 5.56 Å². The zero-order valence-corrected chi connectivity index (χ0v) is 24.4. The second-order valence-electron chi connectivity index (χ2n) is 9.93. The van der Waals surface area contributed by atoms with Crippen molar-refractivity contribution in [2.45, 2.75) is 71.6 Å². The molecule has 12 heteroatoms. The van der Waals surface area contributed by atoms with Crippen LogP contribution in [0.4, 0.5) is 18.9 Å². The van der Waals surface area contributed by atoms with Gasteiger partial charge in [-0.05, 0) is 54.0 Å². The first-order chi connectivity index (χ1) is 16.5.